The van der Waals surface area contributed by atoms with Crippen molar-refractivity contribution in [2.75, 3.05) is 41.3 Å². The summed E-state index contributed by atoms with van der Waals surface area (Å²) in [5, 5.41) is 9.72. The number of unbranched alkanes of at least 4 members (excludes halogenated alkanes) is 24. The average Bonchev–Trinajstić information content (AvgIpc) is 3.09. The maximum Gasteiger partial charge on any atom is 0.242 e. The van der Waals surface area contributed by atoms with Crippen molar-refractivity contribution in [2.24, 2.45) is 0 Å². The van der Waals surface area contributed by atoms with Crippen LogP contribution < -0.4 is 16.0 Å². The Bertz CT molecular complexity index is 764. The van der Waals surface area contributed by atoms with E-state index in [1.54, 1.807) is 0 Å². The highest BCUT2D eigenvalue weighted by atomic mass is 16.2. The minimum Gasteiger partial charge on any atom is -0.354 e. The van der Waals surface area contributed by atoms with Crippen LogP contribution in [0.3, 0.4) is 0 Å². The smallest absolute Gasteiger partial charge is 0.242 e. The van der Waals surface area contributed by atoms with Gasteiger partial charge < -0.3 is 10.6 Å². The summed E-state index contributed by atoms with van der Waals surface area (Å²) in [6, 6.07) is -0.505. The fraction of sp³-hybridized carbons (Fsp3) is 0.907. The zero-order valence-corrected chi connectivity index (χ0v) is 34.4. The van der Waals surface area contributed by atoms with E-state index < -0.39 is 6.04 Å². The van der Waals surface area contributed by atoms with E-state index in [4.69, 9.17) is 0 Å². The fourth-order valence-corrected chi connectivity index (χ4v) is 6.73. The minimum atomic E-state index is -0.505. The largest absolute Gasteiger partial charge is 0.354 e. The highest BCUT2D eigenvalue weighted by Gasteiger charge is 2.21. The predicted molar refractivity (Wildman–Crippen MR) is 218 cm³/mol. The molecule has 1 unspecified atom stereocenters. The molecule has 7 heteroatoms. The number of amides is 2. The van der Waals surface area contributed by atoms with E-state index in [2.05, 4.69) is 51.7 Å². The number of carbonyl (C=O) groups excluding carboxylic acids is 2. The molecule has 0 aliphatic carbocycles. The Hall–Kier alpha value is -1.44. The second kappa shape index (κ2) is 37.3. The molecule has 0 radical (unpaired) electrons. The topological polar surface area (TPSA) is 76.7 Å². The lowest BCUT2D eigenvalue weighted by molar-refractivity contribution is -0.129. The second-order valence-electron chi connectivity index (χ2n) is 15.4. The molecule has 296 valence electrons. The molecule has 1 atom stereocenters. The number of nitrogens with one attached hydrogen (secondary N) is 3. The third kappa shape index (κ3) is 32.5. The first-order chi connectivity index (χ1) is 24.3. The van der Waals surface area contributed by atoms with Crippen molar-refractivity contribution in [1.82, 2.24) is 25.8 Å². The number of carbonyl (C=O) groups is 2. The minimum absolute atomic E-state index is 0.00367. The molecular formula is C43H87N5O2. The number of hydrogen-bond donors (Lipinski definition) is 3. The van der Waals surface area contributed by atoms with Crippen molar-refractivity contribution in [3.8, 4) is 0 Å². The third-order valence-electron chi connectivity index (χ3n) is 9.89. The van der Waals surface area contributed by atoms with Crippen molar-refractivity contribution in [3.05, 3.63) is 12.2 Å². The van der Waals surface area contributed by atoms with E-state index in [-0.39, 0.29) is 18.1 Å². The molecule has 0 aliphatic rings. The van der Waals surface area contributed by atoms with Crippen molar-refractivity contribution >= 4 is 11.8 Å². The Morgan fingerprint density at radius 2 is 0.920 bits per heavy atom. The van der Waals surface area contributed by atoms with Crippen LogP contribution in [0.2, 0.25) is 0 Å². The van der Waals surface area contributed by atoms with Crippen LogP contribution in [0.1, 0.15) is 200 Å². The van der Waals surface area contributed by atoms with E-state index in [0.717, 1.165) is 25.7 Å². The predicted octanol–water partition coefficient (Wildman–Crippen LogP) is 10.5. The SMILES string of the molecule is CCCCCCCC/C=C/CCCCCCCC(=O)NC(CCNC(N(C)C)N(C)C)C(=O)NCCCCCCCCCCCCCCCC. The maximum atomic E-state index is 13.2. The maximum absolute atomic E-state index is 13.2. The number of nitrogens with zero attached hydrogens (tertiary/aromatic N) is 2. The molecule has 0 bridgehead atoms. The van der Waals surface area contributed by atoms with Gasteiger partial charge >= 0.3 is 0 Å². The van der Waals surface area contributed by atoms with Crippen molar-refractivity contribution in [2.45, 2.75) is 212 Å². The first-order valence-corrected chi connectivity index (χ1v) is 21.6. The van der Waals surface area contributed by atoms with Gasteiger partial charge in [0.1, 0.15) is 12.3 Å². The molecule has 0 saturated heterocycles. The standard InChI is InChI=1S/C43H87N5O2/c1-7-9-11-13-15-17-19-21-23-24-26-28-30-32-34-36-41(49)46-40(37-39-45-43(47(3)4)48(5)6)42(50)44-38-35-33-31-29-27-25-22-20-18-16-14-12-10-8-2/h21,23,40,43,45H,7-20,22,24-39H2,1-6H3,(H,44,50)(H,46,49)/b23-21+. The molecule has 50 heavy (non-hydrogen) atoms. The van der Waals surface area contributed by atoms with E-state index >= 15 is 0 Å². The fourth-order valence-electron chi connectivity index (χ4n) is 6.73. The van der Waals surface area contributed by atoms with Crippen molar-refractivity contribution in [1.29, 1.82) is 0 Å². The number of rotatable bonds is 38. The molecule has 0 heterocycles. The van der Waals surface area contributed by atoms with Gasteiger partial charge in [-0.15, -0.1) is 0 Å². The quantitative estimate of drug-likeness (QED) is 0.0339. The van der Waals surface area contributed by atoms with Crippen molar-refractivity contribution in [3.63, 3.8) is 0 Å². The zero-order chi connectivity index (χ0) is 36.9. The highest BCUT2D eigenvalue weighted by Crippen LogP contribution is 2.13. The van der Waals surface area contributed by atoms with Crippen LogP contribution >= 0.6 is 0 Å². The third-order valence-corrected chi connectivity index (χ3v) is 9.89. The molecule has 0 aromatic rings. The summed E-state index contributed by atoms with van der Waals surface area (Å²) >= 11 is 0. The van der Waals surface area contributed by atoms with Gasteiger partial charge in [-0.05, 0) is 73.1 Å². The molecule has 0 rings (SSSR count). The molecule has 0 aliphatic heterocycles. The van der Waals surface area contributed by atoms with Gasteiger partial charge in [-0.2, -0.15) is 0 Å². The molecule has 3 N–H and O–H groups in total. The summed E-state index contributed by atoms with van der Waals surface area (Å²) in [6.07, 6.45) is 40.5. The highest BCUT2D eigenvalue weighted by molar-refractivity contribution is 5.87. The van der Waals surface area contributed by atoms with Gasteiger partial charge in [0.2, 0.25) is 11.8 Å². The van der Waals surface area contributed by atoms with Crippen LogP contribution in [0.15, 0.2) is 12.2 Å². The summed E-state index contributed by atoms with van der Waals surface area (Å²) in [5.74, 6) is -0.0540. The lowest BCUT2D eigenvalue weighted by Crippen LogP contribution is -2.53. The summed E-state index contributed by atoms with van der Waals surface area (Å²) in [7, 11) is 8.14. The Morgan fingerprint density at radius 1 is 0.520 bits per heavy atom. The Kier molecular flexibility index (Phi) is 36.2. The van der Waals surface area contributed by atoms with Crippen LogP contribution in [0.25, 0.3) is 0 Å². The van der Waals surface area contributed by atoms with Gasteiger partial charge in [0, 0.05) is 19.5 Å². The average molecular weight is 706 g/mol. The molecule has 7 nitrogen and oxygen atoms in total. The molecule has 0 saturated carbocycles. The summed E-state index contributed by atoms with van der Waals surface area (Å²) in [5.41, 5.74) is 0. The number of allylic oxidation sites excluding steroid dienone is 2. The molecule has 2 amide bonds. The van der Waals surface area contributed by atoms with E-state index in [1.165, 1.54) is 148 Å². The lowest BCUT2D eigenvalue weighted by Gasteiger charge is -2.31. The molecular weight excluding hydrogens is 619 g/mol. The van der Waals surface area contributed by atoms with Crippen LogP contribution in [-0.2, 0) is 9.59 Å². The lowest BCUT2D eigenvalue weighted by atomic mass is 10.0. The van der Waals surface area contributed by atoms with Crippen molar-refractivity contribution < 1.29 is 9.59 Å². The summed E-state index contributed by atoms with van der Waals surface area (Å²) in [4.78, 5) is 30.3. The van der Waals surface area contributed by atoms with E-state index in [9.17, 15) is 9.59 Å². The normalized spacial score (nSPS) is 12.5. The van der Waals surface area contributed by atoms with Crippen LogP contribution in [0, 0.1) is 0 Å². The summed E-state index contributed by atoms with van der Waals surface area (Å²) < 4.78 is 0. The Morgan fingerprint density at radius 3 is 1.36 bits per heavy atom. The van der Waals surface area contributed by atoms with Gasteiger partial charge in [-0.3, -0.25) is 24.7 Å². The van der Waals surface area contributed by atoms with Gasteiger partial charge in [0.15, 0.2) is 0 Å². The van der Waals surface area contributed by atoms with Crippen LogP contribution in [-0.4, -0.2) is 75.2 Å². The first kappa shape index (κ1) is 48.6. The van der Waals surface area contributed by atoms with Crippen LogP contribution in [0.4, 0.5) is 0 Å². The van der Waals surface area contributed by atoms with E-state index in [1.807, 2.05) is 28.2 Å². The van der Waals surface area contributed by atoms with Gasteiger partial charge in [0.25, 0.3) is 0 Å². The second-order valence-corrected chi connectivity index (χ2v) is 15.4. The molecule has 0 spiro atoms. The van der Waals surface area contributed by atoms with Gasteiger partial charge in [0.05, 0.1) is 0 Å². The summed E-state index contributed by atoms with van der Waals surface area (Å²) in [6.45, 7) is 5.88. The first-order valence-electron chi connectivity index (χ1n) is 21.6. The monoisotopic (exact) mass is 706 g/mol. The molecule has 0 fully saturated rings. The zero-order valence-electron chi connectivity index (χ0n) is 34.4. The molecule has 0 aromatic heterocycles. The Labute approximate surface area is 312 Å². The van der Waals surface area contributed by atoms with Gasteiger partial charge in [-0.25, -0.2) is 0 Å². The van der Waals surface area contributed by atoms with Gasteiger partial charge in [-0.1, -0.05) is 161 Å². The van der Waals surface area contributed by atoms with Crippen LogP contribution in [0.5, 0.6) is 0 Å². The van der Waals surface area contributed by atoms with E-state index in [0.29, 0.717) is 25.9 Å². The number of hydrogen-bond acceptors (Lipinski definition) is 5. The Balaban J connectivity index is 4.25. The molecule has 0 aromatic carbocycles.